The molecule has 0 aliphatic heterocycles. The van der Waals surface area contributed by atoms with Gasteiger partial charge in [0.15, 0.2) is 0 Å². The lowest BCUT2D eigenvalue weighted by atomic mass is 10.1. The van der Waals surface area contributed by atoms with Crippen molar-refractivity contribution in [3.63, 3.8) is 0 Å². The van der Waals surface area contributed by atoms with E-state index in [4.69, 9.17) is 9.47 Å². The van der Waals surface area contributed by atoms with E-state index in [1.807, 2.05) is 32.0 Å². The van der Waals surface area contributed by atoms with Crippen LogP contribution in [0.15, 0.2) is 59.6 Å². The average molecular weight is 390 g/mol. The predicted molar refractivity (Wildman–Crippen MR) is 100.0 cm³/mol. The van der Waals surface area contributed by atoms with Gasteiger partial charge >= 0.3 is 0 Å². The van der Waals surface area contributed by atoms with Crippen molar-refractivity contribution < 1.29 is 14.3 Å². The lowest BCUT2D eigenvalue weighted by molar-refractivity contribution is 0.102. The van der Waals surface area contributed by atoms with Gasteiger partial charge in [0.1, 0.15) is 18.1 Å². The first-order valence-electron chi connectivity index (χ1n) is 7.61. The number of rotatable bonds is 7. The Hall–Kier alpha value is -2.27. The molecule has 0 saturated heterocycles. The average Bonchev–Trinajstić information content (AvgIpc) is 2.55. The van der Waals surface area contributed by atoms with Gasteiger partial charge in [0.2, 0.25) is 0 Å². The third kappa shape index (κ3) is 4.86. The molecular formula is C19H20BrNO3. The standard InChI is InChI=1S/C19H20BrNO3/c1-4-11-23-18-8-6-5-7-16(18)21-19(22)15-12-14(20)9-10-17(15)24-13(2)3/h4-10,12-13H,1,11H2,2-3H3,(H,21,22). The number of para-hydroxylation sites is 2. The molecule has 1 amide bonds. The van der Waals surface area contributed by atoms with E-state index >= 15 is 0 Å². The van der Waals surface area contributed by atoms with Crippen LogP contribution in [0.2, 0.25) is 0 Å². The van der Waals surface area contributed by atoms with Gasteiger partial charge in [-0.3, -0.25) is 4.79 Å². The van der Waals surface area contributed by atoms with Gasteiger partial charge in [-0.15, -0.1) is 0 Å². The maximum Gasteiger partial charge on any atom is 0.259 e. The van der Waals surface area contributed by atoms with E-state index in [9.17, 15) is 4.79 Å². The fourth-order valence-corrected chi connectivity index (χ4v) is 2.43. The highest BCUT2D eigenvalue weighted by Crippen LogP contribution is 2.28. The van der Waals surface area contributed by atoms with E-state index in [1.54, 1.807) is 30.3 Å². The summed E-state index contributed by atoms with van der Waals surface area (Å²) in [6, 6.07) is 12.6. The zero-order chi connectivity index (χ0) is 17.5. The zero-order valence-corrected chi connectivity index (χ0v) is 15.3. The molecule has 0 fully saturated rings. The highest BCUT2D eigenvalue weighted by Gasteiger charge is 2.16. The molecule has 0 saturated carbocycles. The van der Waals surface area contributed by atoms with E-state index in [0.717, 1.165) is 4.47 Å². The highest BCUT2D eigenvalue weighted by molar-refractivity contribution is 9.10. The lowest BCUT2D eigenvalue weighted by Crippen LogP contribution is -2.16. The number of hydrogen-bond acceptors (Lipinski definition) is 3. The van der Waals surface area contributed by atoms with Gasteiger partial charge in [0.25, 0.3) is 5.91 Å². The third-order valence-electron chi connectivity index (χ3n) is 3.04. The second-order valence-electron chi connectivity index (χ2n) is 5.36. The van der Waals surface area contributed by atoms with Crippen LogP contribution in [0.3, 0.4) is 0 Å². The molecule has 1 N–H and O–H groups in total. The monoisotopic (exact) mass is 389 g/mol. The molecule has 0 radical (unpaired) electrons. The Balaban J connectivity index is 2.27. The minimum absolute atomic E-state index is 0.0269. The van der Waals surface area contributed by atoms with Crippen molar-refractivity contribution in [2.24, 2.45) is 0 Å². The number of hydrogen-bond donors (Lipinski definition) is 1. The quantitative estimate of drug-likeness (QED) is 0.673. The highest BCUT2D eigenvalue weighted by atomic mass is 79.9. The molecule has 0 aliphatic rings. The molecule has 24 heavy (non-hydrogen) atoms. The second-order valence-corrected chi connectivity index (χ2v) is 6.27. The lowest BCUT2D eigenvalue weighted by Gasteiger charge is -2.16. The largest absolute Gasteiger partial charge is 0.490 e. The summed E-state index contributed by atoms with van der Waals surface area (Å²) >= 11 is 3.39. The molecule has 4 nitrogen and oxygen atoms in total. The molecule has 126 valence electrons. The first-order valence-corrected chi connectivity index (χ1v) is 8.41. The maximum absolute atomic E-state index is 12.7. The molecule has 0 atom stereocenters. The third-order valence-corrected chi connectivity index (χ3v) is 3.53. The van der Waals surface area contributed by atoms with Crippen LogP contribution in [0.25, 0.3) is 0 Å². The number of carbonyl (C=O) groups excluding carboxylic acids is 1. The second kappa shape index (κ2) is 8.55. The maximum atomic E-state index is 12.7. The van der Waals surface area contributed by atoms with Crippen molar-refractivity contribution in [1.82, 2.24) is 0 Å². The summed E-state index contributed by atoms with van der Waals surface area (Å²) in [6.07, 6.45) is 1.63. The summed E-state index contributed by atoms with van der Waals surface area (Å²) in [6.45, 7) is 7.83. The van der Waals surface area contributed by atoms with Gasteiger partial charge in [-0.2, -0.15) is 0 Å². The van der Waals surface area contributed by atoms with Crippen molar-refractivity contribution in [3.8, 4) is 11.5 Å². The minimum Gasteiger partial charge on any atom is -0.490 e. The molecule has 0 aromatic heterocycles. The van der Waals surface area contributed by atoms with E-state index < -0.39 is 0 Å². The molecule has 2 aromatic carbocycles. The van der Waals surface area contributed by atoms with E-state index in [0.29, 0.717) is 29.4 Å². The first kappa shape index (κ1) is 18.1. The molecule has 5 heteroatoms. The van der Waals surface area contributed by atoms with Crippen LogP contribution in [0.1, 0.15) is 24.2 Å². The van der Waals surface area contributed by atoms with Gasteiger partial charge in [0, 0.05) is 4.47 Å². The summed E-state index contributed by atoms with van der Waals surface area (Å²) in [5.74, 6) is 0.865. The Kier molecular flexibility index (Phi) is 6.44. The molecule has 0 bridgehead atoms. The fourth-order valence-electron chi connectivity index (χ4n) is 2.07. The van der Waals surface area contributed by atoms with E-state index in [-0.39, 0.29) is 12.0 Å². The van der Waals surface area contributed by atoms with Gasteiger partial charge in [0.05, 0.1) is 17.4 Å². The number of carbonyl (C=O) groups is 1. The number of amides is 1. The van der Waals surface area contributed by atoms with Crippen molar-refractivity contribution >= 4 is 27.5 Å². The fraction of sp³-hybridized carbons (Fsp3) is 0.211. The van der Waals surface area contributed by atoms with Crippen molar-refractivity contribution in [1.29, 1.82) is 0 Å². The van der Waals surface area contributed by atoms with Crippen LogP contribution >= 0.6 is 15.9 Å². The van der Waals surface area contributed by atoms with Crippen LogP contribution in [0, 0.1) is 0 Å². The van der Waals surface area contributed by atoms with Gasteiger partial charge in [-0.25, -0.2) is 0 Å². The number of anilines is 1. The summed E-state index contributed by atoms with van der Waals surface area (Å²) < 4.78 is 12.1. The number of halogens is 1. The molecule has 0 aliphatic carbocycles. The zero-order valence-electron chi connectivity index (χ0n) is 13.7. The SMILES string of the molecule is C=CCOc1ccccc1NC(=O)c1cc(Br)ccc1OC(C)C. The Bertz CT molecular complexity index is 728. The van der Waals surface area contributed by atoms with Gasteiger partial charge < -0.3 is 14.8 Å². The van der Waals surface area contributed by atoms with Crippen molar-refractivity contribution in [3.05, 3.63) is 65.2 Å². The van der Waals surface area contributed by atoms with Crippen LogP contribution in [-0.4, -0.2) is 18.6 Å². The molecular weight excluding hydrogens is 370 g/mol. The predicted octanol–water partition coefficient (Wildman–Crippen LogP) is 5.05. The first-order chi connectivity index (χ1) is 11.5. The normalized spacial score (nSPS) is 10.3. The minimum atomic E-state index is -0.262. The summed E-state index contributed by atoms with van der Waals surface area (Å²) in [5, 5.41) is 2.88. The molecule has 0 unspecified atom stereocenters. The van der Waals surface area contributed by atoms with E-state index in [1.165, 1.54) is 0 Å². The van der Waals surface area contributed by atoms with Gasteiger partial charge in [-0.1, -0.05) is 40.7 Å². The topological polar surface area (TPSA) is 47.6 Å². The van der Waals surface area contributed by atoms with Crippen LogP contribution < -0.4 is 14.8 Å². The van der Waals surface area contributed by atoms with Crippen molar-refractivity contribution in [2.75, 3.05) is 11.9 Å². The number of ether oxygens (including phenoxy) is 2. The van der Waals surface area contributed by atoms with Crippen LogP contribution in [0.5, 0.6) is 11.5 Å². The summed E-state index contributed by atoms with van der Waals surface area (Å²) in [5.41, 5.74) is 1.05. The van der Waals surface area contributed by atoms with Crippen molar-refractivity contribution in [2.45, 2.75) is 20.0 Å². The Morgan fingerprint density at radius 2 is 2.00 bits per heavy atom. The van der Waals surface area contributed by atoms with Gasteiger partial charge in [-0.05, 0) is 44.2 Å². The Morgan fingerprint density at radius 1 is 1.25 bits per heavy atom. The summed E-state index contributed by atoms with van der Waals surface area (Å²) in [4.78, 5) is 12.7. The summed E-state index contributed by atoms with van der Waals surface area (Å²) in [7, 11) is 0. The molecule has 0 spiro atoms. The number of nitrogens with one attached hydrogen (secondary N) is 1. The molecule has 2 rings (SSSR count). The van der Waals surface area contributed by atoms with E-state index in [2.05, 4.69) is 27.8 Å². The van der Waals surface area contributed by atoms with Crippen LogP contribution in [0.4, 0.5) is 5.69 Å². The smallest absolute Gasteiger partial charge is 0.259 e. The molecule has 2 aromatic rings. The Labute approximate surface area is 150 Å². The number of benzene rings is 2. The molecule has 0 heterocycles. The van der Waals surface area contributed by atoms with Crippen LogP contribution in [-0.2, 0) is 0 Å². The Morgan fingerprint density at radius 3 is 2.71 bits per heavy atom.